The monoisotopic (exact) mass is 593 g/mol. The van der Waals surface area contributed by atoms with E-state index in [1.54, 1.807) is 21.8 Å². The number of carboxylic acids is 1. The SMILES string of the molecule is Cc1c(Cl)cccc1OCCCC(=O)N1CCCOc2c(-c3cnn(Cc4ccc(C(=O)O)cc4Cl)c3)cccc21. The van der Waals surface area contributed by atoms with E-state index in [1.165, 1.54) is 12.1 Å². The number of aromatic carboxylic acids is 1. The number of nitrogens with zero attached hydrogens (tertiary/aromatic N) is 3. The number of fused-ring (bicyclic) bond motifs is 1. The quantitative estimate of drug-likeness (QED) is 0.212. The minimum absolute atomic E-state index is 0.00969. The molecule has 212 valence electrons. The molecule has 10 heteroatoms. The summed E-state index contributed by atoms with van der Waals surface area (Å²) in [5, 5.41) is 14.7. The minimum atomic E-state index is -1.03. The van der Waals surface area contributed by atoms with Gasteiger partial charge < -0.3 is 19.5 Å². The normalized spacial score (nSPS) is 12.8. The van der Waals surface area contributed by atoms with E-state index in [2.05, 4.69) is 5.10 Å². The minimum Gasteiger partial charge on any atom is -0.493 e. The molecular formula is C31H29Cl2N3O5. The van der Waals surface area contributed by atoms with Crippen LogP contribution >= 0.6 is 23.2 Å². The average Bonchev–Trinajstić information content (AvgIpc) is 3.31. The lowest BCUT2D eigenvalue weighted by Crippen LogP contribution is -2.31. The zero-order chi connectivity index (χ0) is 28.9. The van der Waals surface area contributed by atoms with Gasteiger partial charge in [0.05, 0.1) is 37.2 Å². The zero-order valence-corrected chi connectivity index (χ0v) is 24.0. The highest BCUT2D eigenvalue weighted by Gasteiger charge is 2.25. The van der Waals surface area contributed by atoms with Gasteiger partial charge in [-0.15, -0.1) is 0 Å². The van der Waals surface area contributed by atoms with Gasteiger partial charge in [0.2, 0.25) is 5.91 Å². The molecule has 0 bridgehead atoms. The Hall–Kier alpha value is -4.01. The van der Waals surface area contributed by atoms with Gasteiger partial charge in [-0.3, -0.25) is 9.48 Å². The fourth-order valence-corrected chi connectivity index (χ4v) is 5.16. The fourth-order valence-electron chi connectivity index (χ4n) is 4.75. The van der Waals surface area contributed by atoms with Crippen molar-refractivity contribution in [2.45, 2.75) is 32.7 Å². The molecule has 3 aromatic carbocycles. The third-order valence-corrected chi connectivity index (χ3v) is 7.71. The first-order valence-corrected chi connectivity index (χ1v) is 14.1. The van der Waals surface area contributed by atoms with Crippen LogP contribution < -0.4 is 14.4 Å². The molecule has 0 radical (unpaired) electrons. The van der Waals surface area contributed by atoms with Crippen molar-refractivity contribution in [1.82, 2.24) is 9.78 Å². The van der Waals surface area contributed by atoms with Crippen LogP contribution in [0.15, 0.2) is 67.0 Å². The van der Waals surface area contributed by atoms with Crippen LogP contribution in [0.2, 0.25) is 10.0 Å². The van der Waals surface area contributed by atoms with E-state index in [0.29, 0.717) is 61.4 Å². The van der Waals surface area contributed by atoms with E-state index >= 15 is 0 Å². The van der Waals surface area contributed by atoms with Crippen molar-refractivity contribution < 1.29 is 24.2 Å². The van der Waals surface area contributed by atoms with Gasteiger partial charge in [-0.05, 0) is 55.7 Å². The van der Waals surface area contributed by atoms with Gasteiger partial charge >= 0.3 is 5.97 Å². The highest BCUT2D eigenvalue weighted by molar-refractivity contribution is 6.32. The summed E-state index contributed by atoms with van der Waals surface area (Å²) in [4.78, 5) is 26.3. The molecule has 0 spiro atoms. The van der Waals surface area contributed by atoms with E-state index in [-0.39, 0.29) is 11.5 Å². The Kier molecular flexibility index (Phi) is 8.81. The van der Waals surface area contributed by atoms with E-state index in [9.17, 15) is 14.7 Å². The molecule has 0 unspecified atom stereocenters. The molecule has 0 aliphatic carbocycles. The molecule has 1 aliphatic rings. The number of para-hydroxylation sites is 1. The molecule has 1 aromatic heterocycles. The first kappa shape index (κ1) is 28.5. The van der Waals surface area contributed by atoms with E-state index in [4.69, 9.17) is 32.7 Å². The number of carboxylic acid groups (broad SMARTS) is 1. The van der Waals surface area contributed by atoms with Gasteiger partial charge in [0, 0.05) is 45.9 Å². The summed E-state index contributed by atoms with van der Waals surface area (Å²) in [5.74, 6) is 0.351. The number of carbonyl (C=O) groups is 2. The molecule has 41 heavy (non-hydrogen) atoms. The molecule has 0 atom stereocenters. The number of benzene rings is 3. The summed E-state index contributed by atoms with van der Waals surface area (Å²) >= 11 is 12.5. The van der Waals surface area contributed by atoms with Crippen LogP contribution in [0.1, 0.15) is 40.7 Å². The van der Waals surface area contributed by atoms with Gasteiger partial charge in [-0.25, -0.2) is 4.79 Å². The molecule has 4 aromatic rings. The molecule has 0 saturated carbocycles. The highest BCUT2D eigenvalue weighted by atomic mass is 35.5. The second kappa shape index (κ2) is 12.7. The second-order valence-corrected chi connectivity index (χ2v) is 10.6. The van der Waals surface area contributed by atoms with Crippen LogP contribution in [0.3, 0.4) is 0 Å². The first-order valence-electron chi connectivity index (χ1n) is 13.3. The lowest BCUT2D eigenvalue weighted by atomic mass is 10.1. The predicted molar refractivity (Wildman–Crippen MR) is 159 cm³/mol. The summed E-state index contributed by atoms with van der Waals surface area (Å²) in [7, 11) is 0. The summed E-state index contributed by atoms with van der Waals surface area (Å²) in [6.07, 6.45) is 5.24. The number of rotatable bonds is 9. The van der Waals surface area contributed by atoms with Gasteiger partial charge in [0.25, 0.3) is 0 Å². The Morgan fingerprint density at radius 1 is 1.10 bits per heavy atom. The Morgan fingerprint density at radius 3 is 2.73 bits per heavy atom. The van der Waals surface area contributed by atoms with Crippen molar-refractivity contribution in [3.8, 4) is 22.6 Å². The summed E-state index contributed by atoms with van der Waals surface area (Å²) < 4.78 is 13.8. The molecule has 1 N–H and O–H groups in total. The number of anilines is 1. The molecule has 1 amide bonds. The number of halogens is 2. The summed E-state index contributed by atoms with van der Waals surface area (Å²) in [6.45, 7) is 3.74. The first-order chi connectivity index (χ1) is 19.8. The second-order valence-electron chi connectivity index (χ2n) is 9.75. The van der Waals surface area contributed by atoms with Gasteiger partial charge in [-0.2, -0.15) is 5.10 Å². The molecule has 0 saturated heterocycles. The van der Waals surface area contributed by atoms with Crippen LogP contribution in [0, 0.1) is 6.92 Å². The number of ether oxygens (including phenoxy) is 2. The topological polar surface area (TPSA) is 93.9 Å². The van der Waals surface area contributed by atoms with Crippen molar-refractivity contribution >= 4 is 40.8 Å². The van der Waals surface area contributed by atoms with Crippen LogP contribution in [0.5, 0.6) is 11.5 Å². The van der Waals surface area contributed by atoms with E-state index in [1.807, 2.05) is 49.5 Å². The third-order valence-electron chi connectivity index (χ3n) is 6.95. The Balaban J connectivity index is 1.29. The number of amides is 1. The van der Waals surface area contributed by atoms with Crippen molar-refractivity contribution in [2.75, 3.05) is 24.7 Å². The third kappa shape index (κ3) is 6.50. The number of hydrogen-bond donors (Lipinski definition) is 1. The van der Waals surface area contributed by atoms with Gasteiger partial charge in [0.15, 0.2) is 5.75 Å². The molecular weight excluding hydrogens is 565 g/mol. The maximum absolute atomic E-state index is 13.3. The number of carbonyl (C=O) groups excluding carboxylic acids is 1. The van der Waals surface area contributed by atoms with Crippen LogP contribution in [-0.4, -0.2) is 46.5 Å². The highest BCUT2D eigenvalue weighted by Crippen LogP contribution is 2.40. The maximum Gasteiger partial charge on any atom is 0.335 e. The van der Waals surface area contributed by atoms with Crippen LogP contribution in [-0.2, 0) is 11.3 Å². The van der Waals surface area contributed by atoms with Crippen molar-refractivity contribution in [2.24, 2.45) is 0 Å². The van der Waals surface area contributed by atoms with Crippen LogP contribution in [0.25, 0.3) is 11.1 Å². The lowest BCUT2D eigenvalue weighted by Gasteiger charge is -2.23. The molecule has 0 fully saturated rings. The molecule has 8 nitrogen and oxygen atoms in total. The van der Waals surface area contributed by atoms with Gasteiger partial charge in [-0.1, -0.05) is 47.5 Å². The lowest BCUT2D eigenvalue weighted by molar-refractivity contribution is -0.118. The standard InChI is InChI=1S/C31H29Cl2N3O5/c1-20-25(32)7-3-9-28(20)40-14-4-10-29(37)36-13-5-15-41-30-24(6-2-8-27(30)36)23-17-34-35(19-23)18-22-12-11-21(31(38)39)16-26(22)33/h2-3,6-9,11-12,16-17,19H,4-5,10,13-15,18H2,1H3,(H,38,39). The smallest absolute Gasteiger partial charge is 0.335 e. The Bertz CT molecular complexity index is 1590. The molecule has 5 rings (SSSR count). The number of hydrogen-bond acceptors (Lipinski definition) is 5. The maximum atomic E-state index is 13.3. The summed E-state index contributed by atoms with van der Waals surface area (Å²) in [5.41, 5.74) is 4.17. The summed E-state index contributed by atoms with van der Waals surface area (Å²) in [6, 6.07) is 16.0. The van der Waals surface area contributed by atoms with Crippen molar-refractivity contribution in [1.29, 1.82) is 0 Å². The van der Waals surface area contributed by atoms with E-state index in [0.717, 1.165) is 33.7 Å². The fraction of sp³-hybridized carbons (Fsp3) is 0.258. The Labute approximate surface area is 248 Å². The zero-order valence-electron chi connectivity index (χ0n) is 22.5. The molecule has 2 heterocycles. The van der Waals surface area contributed by atoms with Gasteiger partial charge in [0.1, 0.15) is 5.75 Å². The van der Waals surface area contributed by atoms with Crippen molar-refractivity contribution in [3.63, 3.8) is 0 Å². The average molecular weight is 594 g/mol. The van der Waals surface area contributed by atoms with E-state index < -0.39 is 5.97 Å². The Morgan fingerprint density at radius 2 is 1.93 bits per heavy atom. The molecule has 1 aliphatic heterocycles. The largest absolute Gasteiger partial charge is 0.493 e. The number of aromatic nitrogens is 2. The van der Waals surface area contributed by atoms with Crippen molar-refractivity contribution in [3.05, 3.63) is 93.7 Å². The predicted octanol–water partition coefficient (Wildman–Crippen LogP) is 6.89. The van der Waals surface area contributed by atoms with Crippen LogP contribution in [0.4, 0.5) is 5.69 Å².